The second-order valence-electron chi connectivity index (χ2n) is 7.47. The van der Waals surface area contributed by atoms with E-state index in [1.54, 1.807) is 43.3 Å². The molecule has 1 atom stereocenters. The third kappa shape index (κ3) is 4.54. The molecule has 1 heterocycles. The number of carbonyl (C=O) groups excluding carboxylic acids is 1. The maximum atomic E-state index is 12.6. The number of nitrogens with one attached hydrogen (secondary N) is 1. The second kappa shape index (κ2) is 8.31. The van der Waals surface area contributed by atoms with Crippen LogP contribution in [0.3, 0.4) is 0 Å². The largest absolute Gasteiger partial charge is 0.481 e. The third-order valence-electron chi connectivity index (χ3n) is 5.14. The molecular formula is C23H25N3O3. The maximum Gasteiger partial charge on any atom is 0.315 e. The molecule has 29 heavy (non-hydrogen) atoms. The predicted octanol–water partition coefficient (Wildman–Crippen LogP) is 3.32. The van der Waals surface area contributed by atoms with E-state index < -0.39 is 11.4 Å². The molecule has 0 saturated carbocycles. The molecule has 0 radical (unpaired) electrons. The standard InChI is InChI=1S/C23H25N3O3/c1-16-13-17(2)26(25-16)14-18-9-11-19(12-10-18)21(27)24-15-23(3,22(28)29)20-7-5-4-6-8-20/h4-13H,14-15H2,1-3H3,(H,24,27)(H,28,29). The zero-order valence-corrected chi connectivity index (χ0v) is 16.8. The van der Waals surface area contributed by atoms with Gasteiger partial charge in [0, 0.05) is 17.8 Å². The van der Waals surface area contributed by atoms with Crippen LogP contribution in [0.2, 0.25) is 0 Å². The van der Waals surface area contributed by atoms with Crippen molar-refractivity contribution in [1.82, 2.24) is 15.1 Å². The molecule has 1 aromatic heterocycles. The minimum absolute atomic E-state index is 0.00130. The van der Waals surface area contributed by atoms with E-state index in [4.69, 9.17) is 0 Å². The molecule has 0 bridgehead atoms. The molecule has 6 heteroatoms. The summed E-state index contributed by atoms with van der Waals surface area (Å²) in [5.41, 5.74) is 3.02. The Labute approximate surface area is 170 Å². The minimum atomic E-state index is -1.20. The van der Waals surface area contributed by atoms with Crippen molar-refractivity contribution < 1.29 is 14.7 Å². The second-order valence-corrected chi connectivity index (χ2v) is 7.47. The molecule has 1 unspecified atom stereocenters. The highest BCUT2D eigenvalue weighted by Crippen LogP contribution is 2.23. The van der Waals surface area contributed by atoms with Crippen LogP contribution in [0, 0.1) is 13.8 Å². The number of nitrogens with zero attached hydrogens (tertiary/aromatic N) is 2. The summed E-state index contributed by atoms with van der Waals surface area (Å²) in [5, 5.41) is 16.9. The van der Waals surface area contributed by atoms with Crippen molar-refractivity contribution in [1.29, 1.82) is 0 Å². The Morgan fingerprint density at radius 2 is 1.72 bits per heavy atom. The first-order chi connectivity index (χ1) is 13.8. The van der Waals surface area contributed by atoms with Crippen LogP contribution in [0.4, 0.5) is 0 Å². The topological polar surface area (TPSA) is 84.2 Å². The van der Waals surface area contributed by atoms with Crippen LogP contribution in [0.25, 0.3) is 0 Å². The Bertz CT molecular complexity index is 1010. The highest BCUT2D eigenvalue weighted by atomic mass is 16.4. The van der Waals surface area contributed by atoms with Crippen LogP contribution < -0.4 is 5.32 Å². The number of aliphatic carboxylic acids is 1. The Morgan fingerprint density at radius 1 is 1.07 bits per heavy atom. The van der Waals surface area contributed by atoms with E-state index >= 15 is 0 Å². The quantitative estimate of drug-likeness (QED) is 0.647. The van der Waals surface area contributed by atoms with E-state index in [-0.39, 0.29) is 12.5 Å². The summed E-state index contributed by atoms with van der Waals surface area (Å²) >= 11 is 0. The summed E-state index contributed by atoms with van der Waals surface area (Å²) in [6.07, 6.45) is 0. The van der Waals surface area contributed by atoms with Crippen molar-refractivity contribution in [2.75, 3.05) is 6.54 Å². The third-order valence-corrected chi connectivity index (χ3v) is 5.14. The number of carbonyl (C=O) groups is 2. The lowest BCUT2D eigenvalue weighted by Crippen LogP contribution is -2.44. The van der Waals surface area contributed by atoms with Gasteiger partial charge < -0.3 is 10.4 Å². The number of aromatic nitrogens is 2. The van der Waals surface area contributed by atoms with Gasteiger partial charge in [0.05, 0.1) is 12.2 Å². The highest BCUT2D eigenvalue weighted by Gasteiger charge is 2.35. The van der Waals surface area contributed by atoms with Crippen LogP contribution >= 0.6 is 0 Å². The zero-order chi connectivity index (χ0) is 21.0. The number of rotatable bonds is 7. The highest BCUT2D eigenvalue weighted by molar-refractivity contribution is 5.95. The average Bonchev–Trinajstić information content (AvgIpc) is 3.03. The van der Waals surface area contributed by atoms with Gasteiger partial charge in [-0.15, -0.1) is 0 Å². The van der Waals surface area contributed by atoms with Crippen LogP contribution in [0.1, 0.15) is 39.8 Å². The van der Waals surface area contributed by atoms with Crippen molar-refractivity contribution in [3.63, 3.8) is 0 Å². The van der Waals surface area contributed by atoms with Crippen LogP contribution in [-0.4, -0.2) is 33.3 Å². The molecule has 0 aliphatic heterocycles. The monoisotopic (exact) mass is 391 g/mol. The molecule has 0 saturated heterocycles. The SMILES string of the molecule is Cc1cc(C)n(Cc2ccc(C(=O)NCC(C)(C(=O)O)c3ccccc3)cc2)n1. The molecule has 0 aliphatic rings. The molecule has 0 fully saturated rings. The van der Waals surface area contributed by atoms with Gasteiger partial charge in [-0.1, -0.05) is 42.5 Å². The summed E-state index contributed by atoms with van der Waals surface area (Å²) in [6, 6.07) is 18.2. The normalized spacial score (nSPS) is 12.9. The van der Waals surface area contributed by atoms with Gasteiger partial charge in [0.25, 0.3) is 5.91 Å². The number of benzene rings is 2. The van der Waals surface area contributed by atoms with Gasteiger partial charge >= 0.3 is 5.97 Å². The molecular weight excluding hydrogens is 366 g/mol. The number of hydrogen-bond donors (Lipinski definition) is 2. The average molecular weight is 391 g/mol. The summed E-state index contributed by atoms with van der Waals surface area (Å²) < 4.78 is 1.92. The fourth-order valence-electron chi connectivity index (χ4n) is 3.24. The van der Waals surface area contributed by atoms with Gasteiger partial charge in [0.15, 0.2) is 0 Å². The molecule has 6 nitrogen and oxygen atoms in total. The lowest BCUT2D eigenvalue weighted by molar-refractivity contribution is -0.142. The lowest BCUT2D eigenvalue weighted by Gasteiger charge is -2.25. The first kappa shape index (κ1) is 20.3. The lowest BCUT2D eigenvalue weighted by atomic mass is 9.82. The fourth-order valence-corrected chi connectivity index (χ4v) is 3.24. The molecule has 2 N–H and O–H groups in total. The van der Waals surface area contributed by atoms with Crippen molar-refractivity contribution >= 4 is 11.9 Å². The number of carboxylic acid groups (broad SMARTS) is 1. The predicted molar refractivity (Wildman–Crippen MR) is 111 cm³/mol. The molecule has 0 spiro atoms. The summed E-state index contributed by atoms with van der Waals surface area (Å²) in [5.74, 6) is -1.28. The smallest absolute Gasteiger partial charge is 0.315 e. The first-order valence-electron chi connectivity index (χ1n) is 9.47. The first-order valence-corrected chi connectivity index (χ1v) is 9.47. The van der Waals surface area contributed by atoms with E-state index in [0.717, 1.165) is 17.0 Å². The molecule has 3 aromatic rings. The molecule has 150 valence electrons. The van der Waals surface area contributed by atoms with Gasteiger partial charge in [-0.25, -0.2) is 0 Å². The van der Waals surface area contributed by atoms with E-state index in [0.29, 0.717) is 17.7 Å². The minimum Gasteiger partial charge on any atom is -0.481 e. The van der Waals surface area contributed by atoms with Crippen molar-refractivity contribution in [2.24, 2.45) is 0 Å². The van der Waals surface area contributed by atoms with Crippen LogP contribution in [0.15, 0.2) is 60.7 Å². The summed E-state index contributed by atoms with van der Waals surface area (Å²) in [7, 11) is 0. The van der Waals surface area contributed by atoms with Gasteiger partial charge in [-0.2, -0.15) is 5.10 Å². The van der Waals surface area contributed by atoms with E-state index in [9.17, 15) is 14.7 Å². The Balaban J connectivity index is 1.67. The maximum absolute atomic E-state index is 12.6. The fraction of sp³-hybridized carbons (Fsp3) is 0.261. The molecule has 3 rings (SSSR count). The van der Waals surface area contributed by atoms with Crippen LogP contribution in [-0.2, 0) is 16.8 Å². The number of aryl methyl sites for hydroxylation is 2. The van der Waals surface area contributed by atoms with Gasteiger partial charge in [-0.3, -0.25) is 14.3 Å². The van der Waals surface area contributed by atoms with Crippen molar-refractivity contribution in [2.45, 2.75) is 32.7 Å². The number of amides is 1. The summed E-state index contributed by atoms with van der Waals surface area (Å²) in [4.78, 5) is 24.4. The van der Waals surface area contributed by atoms with E-state index in [1.165, 1.54) is 0 Å². The van der Waals surface area contributed by atoms with Crippen molar-refractivity contribution in [3.8, 4) is 0 Å². The molecule has 0 aliphatic carbocycles. The van der Waals surface area contributed by atoms with Crippen LogP contribution in [0.5, 0.6) is 0 Å². The van der Waals surface area contributed by atoms with Gasteiger partial charge in [0.1, 0.15) is 5.41 Å². The Morgan fingerprint density at radius 3 is 2.28 bits per heavy atom. The van der Waals surface area contributed by atoms with Gasteiger partial charge in [0.2, 0.25) is 0 Å². The van der Waals surface area contributed by atoms with Gasteiger partial charge in [-0.05, 0) is 50.1 Å². The molecule has 1 amide bonds. The van der Waals surface area contributed by atoms with E-state index in [1.807, 2.05) is 42.8 Å². The zero-order valence-electron chi connectivity index (χ0n) is 16.8. The number of carboxylic acids is 1. The Hall–Kier alpha value is -3.41. The van der Waals surface area contributed by atoms with E-state index in [2.05, 4.69) is 10.4 Å². The molecule has 2 aromatic carbocycles. The number of hydrogen-bond acceptors (Lipinski definition) is 3. The summed E-state index contributed by atoms with van der Waals surface area (Å²) in [6.45, 7) is 6.21. The van der Waals surface area contributed by atoms with Crippen molar-refractivity contribution in [3.05, 3.63) is 88.7 Å². The Kier molecular flexibility index (Phi) is 5.82.